The van der Waals surface area contributed by atoms with Crippen molar-refractivity contribution in [2.24, 2.45) is 0 Å². The molecule has 1 aromatic heterocycles. The molecule has 0 aromatic carbocycles. The van der Waals surface area contributed by atoms with Crippen LogP contribution in [0.3, 0.4) is 0 Å². The van der Waals surface area contributed by atoms with Gasteiger partial charge in [0.1, 0.15) is 0 Å². The Kier molecular flexibility index (Phi) is 4.58. The van der Waals surface area contributed by atoms with Crippen LogP contribution in [0.4, 0.5) is 11.5 Å². The monoisotopic (exact) mass is 229 g/mol. The highest BCUT2D eigenvalue weighted by molar-refractivity contribution is 6.28. The summed E-state index contributed by atoms with van der Waals surface area (Å²) in [5.74, 6) is 0.686. The van der Waals surface area contributed by atoms with Gasteiger partial charge in [-0.05, 0) is 31.6 Å². The quantitative estimate of drug-likeness (QED) is 0.577. The molecule has 0 bridgehead atoms. The Morgan fingerprint density at radius 3 is 3.00 bits per heavy atom. The van der Waals surface area contributed by atoms with Crippen LogP contribution in [0.5, 0.6) is 0 Å². The first-order valence-electron chi connectivity index (χ1n) is 4.79. The molecule has 0 atom stereocenters. The van der Waals surface area contributed by atoms with Gasteiger partial charge >= 0.3 is 0 Å². The third-order valence-corrected chi connectivity index (χ3v) is 2.23. The zero-order valence-electron chi connectivity index (χ0n) is 9.00. The summed E-state index contributed by atoms with van der Waals surface area (Å²) in [7, 11) is 3.86. The Hall–Kier alpha value is -1.07. The molecule has 84 valence electrons. The molecule has 0 spiro atoms. The van der Waals surface area contributed by atoms with Crippen LogP contribution in [0.2, 0.25) is 5.28 Å². The van der Waals surface area contributed by atoms with E-state index in [1.807, 2.05) is 19.0 Å². The molecule has 0 amide bonds. The molecule has 0 unspecified atom stereocenters. The molecule has 1 aromatic rings. The largest absolute Gasteiger partial charge is 0.394 e. The lowest BCUT2D eigenvalue weighted by Gasteiger charge is -2.19. The van der Waals surface area contributed by atoms with Gasteiger partial charge in [0.25, 0.3) is 0 Å². The molecule has 0 fully saturated rings. The number of hydrogen-bond donors (Lipinski definition) is 2. The Morgan fingerprint density at radius 2 is 2.33 bits per heavy atom. The topological polar surface area (TPSA) is 67.1 Å². The number of halogens is 1. The summed E-state index contributed by atoms with van der Waals surface area (Å²) in [5, 5.41) is 3.31. The second kappa shape index (κ2) is 5.72. The molecule has 0 saturated heterocycles. The van der Waals surface area contributed by atoms with Crippen molar-refractivity contribution in [2.75, 3.05) is 37.8 Å². The molecular weight excluding hydrogens is 214 g/mol. The van der Waals surface area contributed by atoms with Crippen LogP contribution in [0.1, 0.15) is 6.42 Å². The summed E-state index contributed by atoms with van der Waals surface area (Å²) in [4.78, 5) is 9.87. The number of anilines is 2. The molecule has 0 radical (unpaired) electrons. The second-order valence-corrected chi connectivity index (χ2v) is 3.63. The highest BCUT2D eigenvalue weighted by Gasteiger charge is 2.07. The predicted octanol–water partition coefficient (Wildman–Crippen LogP) is 0.758. The van der Waals surface area contributed by atoms with Crippen molar-refractivity contribution in [2.45, 2.75) is 6.42 Å². The first kappa shape index (κ1) is 12.0. The van der Waals surface area contributed by atoms with E-state index in [0.29, 0.717) is 11.5 Å². The molecule has 3 N–H and O–H groups in total. The summed E-state index contributed by atoms with van der Waals surface area (Å²) in [6, 6.07) is 0. The van der Waals surface area contributed by atoms with Crippen molar-refractivity contribution >= 4 is 23.1 Å². The van der Waals surface area contributed by atoms with Crippen LogP contribution in [-0.4, -0.2) is 37.2 Å². The molecule has 0 aliphatic heterocycles. The number of nitrogen functional groups attached to an aromatic ring is 1. The van der Waals surface area contributed by atoms with Crippen LogP contribution in [0.15, 0.2) is 6.20 Å². The van der Waals surface area contributed by atoms with Crippen LogP contribution < -0.4 is 16.0 Å². The van der Waals surface area contributed by atoms with Crippen molar-refractivity contribution in [3.8, 4) is 0 Å². The normalized spacial score (nSPS) is 10.3. The number of hydrogen-bond acceptors (Lipinski definition) is 5. The van der Waals surface area contributed by atoms with Crippen molar-refractivity contribution in [1.82, 2.24) is 15.3 Å². The Balaban J connectivity index is 2.64. The molecule has 0 saturated carbocycles. The first-order chi connectivity index (χ1) is 7.15. The maximum atomic E-state index is 5.75. The van der Waals surface area contributed by atoms with Gasteiger partial charge in [0.05, 0.1) is 11.9 Å². The summed E-state index contributed by atoms with van der Waals surface area (Å²) in [5.41, 5.74) is 6.30. The zero-order chi connectivity index (χ0) is 11.3. The third-order valence-electron chi connectivity index (χ3n) is 2.05. The van der Waals surface area contributed by atoms with E-state index >= 15 is 0 Å². The average Bonchev–Trinajstić information content (AvgIpc) is 2.22. The molecule has 1 rings (SSSR count). The number of nitrogens with zero attached hydrogens (tertiary/aromatic N) is 3. The molecule has 0 aliphatic carbocycles. The Labute approximate surface area is 94.6 Å². The van der Waals surface area contributed by atoms with Gasteiger partial charge in [-0.1, -0.05) is 0 Å². The van der Waals surface area contributed by atoms with E-state index in [-0.39, 0.29) is 5.28 Å². The fourth-order valence-corrected chi connectivity index (χ4v) is 1.39. The third kappa shape index (κ3) is 3.53. The minimum absolute atomic E-state index is 0.222. The van der Waals surface area contributed by atoms with Crippen molar-refractivity contribution < 1.29 is 0 Å². The van der Waals surface area contributed by atoms with E-state index < -0.39 is 0 Å². The Morgan fingerprint density at radius 1 is 1.60 bits per heavy atom. The zero-order valence-corrected chi connectivity index (χ0v) is 9.75. The van der Waals surface area contributed by atoms with Crippen molar-refractivity contribution in [3.63, 3.8) is 0 Å². The molecule has 0 aliphatic rings. The van der Waals surface area contributed by atoms with Gasteiger partial charge in [-0.25, -0.2) is 4.98 Å². The molecule has 15 heavy (non-hydrogen) atoms. The highest BCUT2D eigenvalue weighted by atomic mass is 35.5. The maximum Gasteiger partial charge on any atom is 0.224 e. The fraction of sp³-hybridized carbons (Fsp3) is 0.556. The SMILES string of the molecule is CNCCCN(C)c1nc(Cl)ncc1N. The summed E-state index contributed by atoms with van der Waals surface area (Å²) >= 11 is 5.71. The maximum absolute atomic E-state index is 5.75. The summed E-state index contributed by atoms with van der Waals surface area (Å²) in [6.45, 7) is 1.83. The fourth-order valence-electron chi connectivity index (χ4n) is 1.27. The van der Waals surface area contributed by atoms with Crippen LogP contribution in [-0.2, 0) is 0 Å². The van der Waals surface area contributed by atoms with Gasteiger partial charge in [-0.2, -0.15) is 4.98 Å². The van der Waals surface area contributed by atoms with Gasteiger partial charge in [-0.3, -0.25) is 0 Å². The van der Waals surface area contributed by atoms with E-state index in [2.05, 4.69) is 15.3 Å². The molecule has 1 heterocycles. The Bertz CT molecular complexity index is 317. The van der Waals surface area contributed by atoms with Crippen LogP contribution in [0.25, 0.3) is 0 Å². The standard InChI is InChI=1S/C9H16ClN5/c1-12-4-3-5-15(2)8-7(11)6-13-9(10)14-8/h6,12H,3-5,11H2,1-2H3. The van der Waals surface area contributed by atoms with Crippen LogP contribution in [0, 0.1) is 0 Å². The van der Waals surface area contributed by atoms with E-state index in [0.717, 1.165) is 19.5 Å². The van der Waals surface area contributed by atoms with Gasteiger partial charge in [0, 0.05) is 13.6 Å². The lowest BCUT2D eigenvalue weighted by atomic mass is 10.3. The highest BCUT2D eigenvalue weighted by Crippen LogP contribution is 2.19. The molecule has 6 heteroatoms. The number of nitrogens with one attached hydrogen (secondary N) is 1. The van der Waals surface area contributed by atoms with Crippen LogP contribution >= 0.6 is 11.6 Å². The minimum Gasteiger partial charge on any atom is -0.394 e. The summed E-state index contributed by atoms with van der Waals surface area (Å²) < 4.78 is 0. The van der Waals surface area contributed by atoms with Gasteiger partial charge in [0.15, 0.2) is 5.82 Å². The van der Waals surface area contributed by atoms with Gasteiger partial charge in [-0.15, -0.1) is 0 Å². The summed E-state index contributed by atoms with van der Waals surface area (Å²) in [6.07, 6.45) is 2.55. The lowest BCUT2D eigenvalue weighted by Crippen LogP contribution is -2.24. The molecule has 5 nitrogen and oxygen atoms in total. The van der Waals surface area contributed by atoms with E-state index in [4.69, 9.17) is 17.3 Å². The van der Waals surface area contributed by atoms with E-state index in [9.17, 15) is 0 Å². The number of rotatable bonds is 5. The van der Waals surface area contributed by atoms with Gasteiger partial charge < -0.3 is 16.0 Å². The van der Waals surface area contributed by atoms with E-state index in [1.165, 1.54) is 6.20 Å². The molecular formula is C9H16ClN5. The predicted molar refractivity (Wildman–Crippen MR) is 63.3 cm³/mol. The number of aromatic nitrogens is 2. The van der Waals surface area contributed by atoms with E-state index in [1.54, 1.807) is 0 Å². The smallest absolute Gasteiger partial charge is 0.224 e. The van der Waals surface area contributed by atoms with Gasteiger partial charge in [0.2, 0.25) is 5.28 Å². The first-order valence-corrected chi connectivity index (χ1v) is 5.16. The second-order valence-electron chi connectivity index (χ2n) is 3.30. The van der Waals surface area contributed by atoms with Crippen molar-refractivity contribution in [1.29, 1.82) is 0 Å². The number of nitrogens with two attached hydrogens (primary N) is 1. The minimum atomic E-state index is 0.222. The van der Waals surface area contributed by atoms with Crippen molar-refractivity contribution in [3.05, 3.63) is 11.5 Å². The average molecular weight is 230 g/mol. The lowest BCUT2D eigenvalue weighted by molar-refractivity contribution is 0.709.